The lowest BCUT2D eigenvalue weighted by Gasteiger charge is -2.37. The van der Waals surface area contributed by atoms with Gasteiger partial charge in [-0.25, -0.2) is 4.79 Å². The highest BCUT2D eigenvalue weighted by molar-refractivity contribution is 5.90. The monoisotopic (exact) mass is 287 g/mol. The molecule has 2 fully saturated rings. The molecule has 1 aromatic carbocycles. The molecule has 3 atom stereocenters. The van der Waals surface area contributed by atoms with E-state index < -0.39 is 0 Å². The lowest BCUT2D eigenvalue weighted by molar-refractivity contribution is -0.154. The normalized spacial score (nSPS) is 28.4. The number of esters is 1. The van der Waals surface area contributed by atoms with Gasteiger partial charge in [0, 0.05) is 6.04 Å². The molecule has 112 valence electrons. The molecule has 4 nitrogen and oxygen atoms in total. The number of fused-ring (bicyclic) bond motifs is 1. The van der Waals surface area contributed by atoms with E-state index in [1.54, 1.807) is 4.90 Å². The highest BCUT2D eigenvalue weighted by Gasteiger charge is 2.46. The SMILES string of the molecule is COC(=O)C1CC[C@@H]2CCC(c3ccccc3C)C(=O)N12. The van der Waals surface area contributed by atoms with Gasteiger partial charge in [0.15, 0.2) is 0 Å². The summed E-state index contributed by atoms with van der Waals surface area (Å²) in [6.07, 6.45) is 3.48. The fourth-order valence-corrected chi connectivity index (χ4v) is 3.80. The number of hydrogen-bond donors (Lipinski definition) is 0. The molecule has 1 amide bonds. The molecule has 0 radical (unpaired) electrons. The molecular weight excluding hydrogens is 266 g/mol. The van der Waals surface area contributed by atoms with Crippen LogP contribution >= 0.6 is 0 Å². The minimum atomic E-state index is -0.390. The maximum absolute atomic E-state index is 12.9. The first-order chi connectivity index (χ1) is 10.1. The zero-order chi connectivity index (χ0) is 15.0. The van der Waals surface area contributed by atoms with Crippen molar-refractivity contribution in [3.63, 3.8) is 0 Å². The minimum absolute atomic E-state index is 0.0912. The Morgan fingerprint density at radius 2 is 1.90 bits per heavy atom. The van der Waals surface area contributed by atoms with Crippen molar-refractivity contribution < 1.29 is 14.3 Å². The van der Waals surface area contributed by atoms with E-state index in [2.05, 4.69) is 0 Å². The molecular formula is C17H21NO3. The van der Waals surface area contributed by atoms with Crippen molar-refractivity contribution in [1.82, 2.24) is 4.90 Å². The van der Waals surface area contributed by atoms with Gasteiger partial charge in [-0.15, -0.1) is 0 Å². The van der Waals surface area contributed by atoms with Crippen molar-refractivity contribution in [2.45, 2.75) is 50.6 Å². The van der Waals surface area contributed by atoms with Gasteiger partial charge in [-0.05, 0) is 43.7 Å². The van der Waals surface area contributed by atoms with Gasteiger partial charge in [-0.3, -0.25) is 4.79 Å². The molecule has 21 heavy (non-hydrogen) atoms. The molecule has 4 heteroatoms. The molecule has 0 aromatic heterocycles. The van der Waals surface area contributed by atoms with Crippen molar-refractivity contribution in [3.05, 3.63) is 35.4 Å². The molecule has 0 N–H and O–H groups in total. The third kappa shape index (κ3) is 2.33. The number of ether oxygens (including phenoxy) is 1. The summed E-state index contributed by atoms with van der Waals surface area (Å²) in [5.41, 5.74) is 2.24. The fraction of sp³-hybridized carbons (Fsp3) is 0.529. The van der Waals surface area contributed by atoms with Crippen LogP contribution in [-0.4, -0.2) is 36.0 Å². The van der Waals surface area contributed by atoms with E-state index >= 15 is 0 Å². The van der Waals surface area contributed by atoms with Gasteiger partial charge < -0.3 is 9.64 Å². The van der Waals surface area contributed by atoms with E-state index in [-0.39, 0.29) is 29.9 Å². The number of benzene rings is 1. The summed E-state index contributed by atoms with van der Waals surface area (Å²) in [6, 6.07) is 7.85. The molecule has 0 bridgehead atoms. The van der Waals surface area contributed by atoms with E-state index in [0.29, 0.717) is 0 Å². The first-order valence-electron chi connectivity index (χ1n) is 7.59. The Kier molecular flexibility index (Phi) is 3.70. The molecule has 0 saturated carbocycles. The number of piperidine rings is 1. The third-order valence-electron chi connectivity index (χ3n) is 4.88. The second-order valence-corrected chi connectivity index (χ2v) is 6.00. The largest absolute Gasteiger partial charge is 0.467 e. The van der Waals surface area contributed by atoms with E-state index in [1.807, 2.05) is 31.2 Å². The summed E-state index contributed by atoms with van der Waals surface area (Å²) < 4.78 is 4.86. The van der Waals surface area contributed by atoms with Crippen LogP contribution in [-0.2, 0) is 14.3 Å². The summed E-state index contributed by atoms with van der Waals surface area (Å²) in [6.45, 7) is 2.04. The fourth-order valence-electron chi connectivity index (χ4n) is 3.80. The Morgan fingerprint density at radius 1 is 1.19 bits per heavy atom. The number of nitrogens with zero attached hydrogens (tertiary/aromatic N) is 1. The maximum Gasteiger partial charge on any atom is 0.328 e. The molecule has 2 unspecified atom stereocenters. The van der Waals surface area contributed by atoms with Crippen LogP contribution in [0.25, 0.3) is 0 Å². The summed E-state index contributed by atoms with van der Waals surface area (Å²) in [7, 11) is 1.39. The van der Waals surface area contributed by atoms with Gasteiger partial charge in [-0.2, -0.15) is 0 Å². The number of aryl methyl sites for hydroxylation is 1. The summed E-state index contributed by atoms with van der Waals surface area (Å²) >= 11 is 0. The van der Waals surface area contributed by atoms with Crippen LogP contribution in [0.3, 0.4) is 0 Å². The van der Waals surface area contributed by atoms with Gasteiger partial charge in [-0.1, -0.05) is 24.3 Å². The van der Waals surface area contributed by atoms with Crippen LogP contribution in [0.5, 0.6) is 0 Å². The number of methoxy groups -OCH3 is 1. The van der Waals surface area contributed by atoms with Gasteiger partial charge in [0.1, 0.15) is 6.04 Å². The quantitative estimate of drug-likeness (QED) is 0.785. The van der Waals surface area contributed by atoms with Gasteiger partial charge in [0.2, 0.25) is 5.91 Å². The van der Waals surface area contributed by atoms with Gasteiger partial charge in [0.25, 0.3) is 0 Å². The first-order valence-corrected chi connectivity index (χ1v) is 7.59. The van der Waals surface area contributed by atoms with Crippen molar-refractivity contribution in [1.29, 1.82) is 0 Å². The van der Waals surface area contributed by atoms with Crippen molar-refractivity contribution >= 4 is 11.9 Å². The Hall–Kier alpha value is -1.84. The number of rotatable bonds is 2. The molecule has 2 saturated heterocycles. The molecule has 2 aliphatic heterocycles. The lowest BCUT2D eigenvalue weighted by atomic mass is 9.85. The molecule has 0 spiro atoms. The van der Waals surface area contributed by atoms with Gasteiger partial charge in [0.05, 0.1) is 13.0 Å². The number of hydrogen-bond acceptors (Lipinski definition) is 3. The third-order valence-corrected chi connectivity index (χ3v) is 4.88. The summed E-state index contributed by atoms with van der Waals surface area (Å²) in [4.78, 5) is 26.6. The van der Waals surface area contributed by atoms with Crippen LogP contribution < -0.4 is 0 Å². The topological polar surface area (TPSA) is 46.6 Å². The van der Waals surface area contributed by atoms with E-state index in [0.717, 1.165) is 36.8 Å². The standard InChI is InChI=1S/C17H21NO3/c1-11-5-3-4-6-13(11)14-9-7-12-8-10-15(17(20)21-2)18(12)16(14)19/h3-6,12,14-15H,7-10H2,1-2H3/t12-,14?,15?/m0/s1. The average Bonchev–Trinajstić information content (AvgIpc) is 2.93. The zero-order valence-electron chi connectivity index (χ0n) is 12.5. The first kappa shape index (κ1) is 14.1. The van der Waals surface area contributed by atoms with E-state index in [4.69, 9.17) is 4.74 Å². The molecule has 3 rings (SSSR count). The van der Waals surface area contributed by atoms with Crippen molar-refractivity contribution in [2.75, 3.05) is 7.11 Å². The molecule has 2 aliphatic rings. The van der Waals surface area contributed by atoms with Crippen LogP contribution in [0.15, 0.2) is 24.3 Å². The van der Waals surface area contributed by atoms with Crippen LogP contribution in [0.2, 0.25) is 0 Å². The highest BCUT2D eigenvalue weighted by atomic mass is 16.5. The minimum Gasteiger partial charge on any atom is -0.467 e. The second kappa shape index (κ2) is 5.51. The Bertz CT molecular complexity index is 569. The number of carbonyl (C=O) groups excluding carboxylic acids is 2. The highest BCUT2D eigenvalue weighted by Crippen LogP contribution is 2.39. The van der Waals surface area contributed by atoms with Crippen LogP contribution in [0.4, 0.5) is 0 Å². The number of amides is 1. The summed E-state index contributed by atoms with van der Waals surface area (Å²) in [5, 5.41) is 0. The smallest absolute Gasteiger partial charge is 0.328 e. The predicted octanol–water partition coefficient (Wildman–Crippen LogP) is 2.41. The maximum atomic E-state index is 12.9. The number of carbonyl (C=O) groups is 2. The molecule has 0 aliphatic carbocycles. The Morgan fingerprint density at radius 3 is 2.62 bits per heavy atom. The predicted molar refractivity (Wildman–Crippen MR) is 78.8 cm³/mol. The van der Waals surface area contributed by atoms with Crippen LogP contribution in [0.1, 0.15) is 42.7 Å². The Balaban J connectivity index is 1.89. The summed E-state index contributed by atoms with van der Waals surface area (Å²) in [5.74, 6) is -0.308. The van der Waals surface area contributed by atoms with Crippen molar-refractivity contribution in [3.8, 4) is 0 Å². The molecule has 2 heterocycles. The van der Waals surface area contributed by atoms with E-state index in [1.165, 1.54) is 7.11 Å². The van der Waals surface area contributed by atoms with Crippen molar-refractivity contribution in [2.24, 2.45) is 0 Å². The second-order valence-electron chi connectivity index (χ2n) is 6.00. The average molecular weight is 287 g/mol. The van der Waals surface area contributed by atoms with Crippen LogP contribution in [0, 0.1) is 6.92 Å². The van der Waals surface area contributed by atoms with Gasteiger partial charge >= 0.3 is 5.97 Å². The Labute approximate surface area is 125 Å². The van der Waals surface area contributed by atoms with E-state index in [9.17, 15) is 9.59 Å². The zero-order valence-corrected chi connectivity index (χ0v) is 12.5. The lowest BCUT2D eigenvalue weighted by Crippen LogP contribution is -2.50. The molecule has 1 aromatic rings.